The van der Waals surface area contributed by atoms with Crippen LogP contribution in [0.15, 0.2) is 36.4 Å². The van der Waals surface area contributed by atoms with Crippen LogP contribution in [0, 0.1) is 0 Å². The fourth-order valence-electron chi connectivity index (χ4n) is 6.87. The normalized spacial score (nSPS) is 17.4. The number of amides is 2. The van der Waals surface area contributed by atoms with Crippen molar-refractivity contribution >= 4 is 67.8 Å². The molecule has 0 saturated carbocycles. The summed E-state index contributed by atoms with van der Waals surface area (Å²) in [5.74, 6) is -0.538. The highest BCUT2D eigenvalue weighted by Crippen LogP contribution is 2.47. The van der Waals surface area contributed by atoms with E-state index in [-0.39, 0.29) is 24.2 Å². The third-order valence-electron chi connectivity index (χ3n) is 8.12. The molecule has 8 rings (SSSR count). The quantitative estimate of drug-likeness (QED) is 0.303. The molecule has 0 unspecified atom stereocenters. The number of imide groups is 1. The number of benzene rings is 3. The summed E-state index contributed by atoms with van der Waals surface area (Å²) < 4.78 is 4.90. The summed E-state index contributed by atoms with van der Waals surface area (Å²) >= 11 is 0. The van der Waals surface area contributed by atoms with Gasteiger partial charge < -0.3 is 14.5 Å². The van der Waals surface area contributed by atoms with Crippen molar-refractivity contribution in [2.75, 3.05) is 6.54 Å². The SMILES string of the molecule is Cl.O=C1NC(=O)c2c1c1c3cccc4c3n(c1c1c2c2cccc3c2n1CCCCNC3)CCC4. The molecule has 0 spiro atoms. The number of para-hydroxylation sites is 2. The molecule has 3 aliphatic heterocycles. The summed E-state index contributed by atoms with van der Waals surface area (Å²) in [5.41, 5.74) is 8.36. The summed E-state index contributed by atoms with van der Waals surface area (Å²) in [6.07, 6.45) is 4.29. The van der Waals surface area contributed by atoms with Gasteiger partial charge in [0.2, 0.25) is 0 Å². The maximum Gasteiger partial charge on any atom is 0.259 e. The number of carbonyl (C=O) groups is 2. The maximum atomic E-state index is 13.3. The molecule has 6 nitrogen and oxygen atoms in total. The molecular formula is C28H25ClN4O2. The molecular weight excluding hydrogens is 460 g/mol. The highest BCUT2D eigenvalue weighted by atomic mass is 35.5. The second-order valence-electron chi connectivity index (χ2n) is 9.90. The molecule has 0 bridgehead atoms. The van der Waals surface area contributed by atoms with Gasteiger partial charge in [0.15, 0.2) is 0 Å². The van der Waals surface area contributed by atoms with Crippen LogP contribution in [-0.4, -0.2) is 27.5 Å². The van der Waals surface area contributed by atoms with Crippen molar-refractivity contribution in [3.8, 4) is 0 Å². The standard InChI is InChI=1S/C28H24N4O2.ClH/c33-27-21-19-17-9-3-6-15-8-5-13-32(23(15)17)26(19)25-20(22(21)28(34)30-27)18-10-4-7-16-14-29-11-1-2-12-31(25)24(16)18;/h3-4,6-7,9-10,29H,1-2,5,8,11-14H2,(H,30,33,34);1H. The highest BCUT2D eigenvalue weighted by Gasteiger charge is 2.37. The Balaban J connectivity index is 0.00000210. The number of halogens is 1. The zero-order valence-electron chi connectivity index (χ0n) is 19.2. The average molecular weight is 485 g/mol. The molecule has 0 saturated heterocycles. The molecule has 5 heterocycles. The Kier molecular flexibility index (Phi) is 4.39. The van der Waals surface area contributed by atoms with E-state index in [4.69, 9.17) is 0 Å². The van der Waals surface area contributed by atoms with Gasteiger partial charge in [0.1, 0.15) is 0 Å². The van der Waals surface area contributed by atoms with Gasteiger partial charge in [-0.15, -0.1) is 12.4 Å². The number of nitrogens with zero attached hydrogens (tertiary/aromatic N) is 2. The highest BCUT2D eigenvalue weighted by molar-refractivity contribution is 6.39. The zero-order valence-corrected chi connectivity index (χ0v) is 20.1. The lowest BCUT2D eigenvalue weighted by molar-refractivity contribution is 0.0880. The van der Waals surface area contributed by atoms with E-state index in [0.29, 0.717) is 11.1 Å². The fraction of sp³-hybridized carbons (Fsp3) is 0.286. The largest absolute Gasteiger partial charge is 0.338 e. The number of aryl methyl sites for hydroxylation is 3. The first kappa shape index (κ1) is 21.0. The van der Waals surface area contributed by atoms with E-state index in [1.54, 1.807) is 0 Å². The van der Waals surface area contributed by atoms with Gasteiger partial charge in [0.05, 0.1) is 33.2 Å². The van der Waals surface area contributed by atoms with E-state index in [9.17, 15) is 9.59 Å². The van der Waals surface area contributed by atoms with Gasteiger partial charge in [-0.1, -0.05) is 36.4 Å². The predicted molar refractivity (Wildman–Crippen MR) is 141 cm³/mol. The Bertz CT molecular complexity index is 1760. The number of hydrogen-bond acceptors (Lipinski definition) is 3. The molecule has 35 heavy (non-hydrogen) atoms. The first-order chi connectivity index (χ1) is 16.7. The Morgan fingerprint density at radius 2 is 1.29 bits per heavy atom. The monoisotopic (exact) mass is 484 g/mol. The van der Waals surface area contributed by atoms with Gasteiger partial charge in [-0.25, -0.2) is 0 Å². The third-order valence-corrected chi connectivity index (χ3v) is 8.12. The van der Waals surface area contributed by atoms with E-state index >= 15 is 0 Å². The summed E-state index contributed by atoms with van der Waals surface area (Å²) in [7, 11) is 0. The van der Waals surface area contributed by atoms with Gasteiger partial charge in [-0.05, 0) is 43.4 Å². The number of aromatic nitrogens is 2. The first-order valence-electron chi connectivity index (χ1n) is 12.3. The Labute approximate surface area is 207 Å². The van der Waals surface area contributed by atoms with E-state index in [0.717, 1.165) is 84.4 Å². The van der Waals surface area contributed by atoms with E-state index < -0.39 is 0 Å². The van der Waals surface area contributed by atoms with Crippen molar-refractivity contribution in [1.82, 2.24) is 19.8 Å². The number of hydrogen-bond donors (Lipinski definition) is 2. The first-order valence-corrected chi connectivity index (χ1v) is 12.3. The summed E-state index contributed by atoms with van der Waals surface area (Å²) in [5, 5.41) is 10.3. The number of rotatable bonds is 0. The molecule has 0 atom stereocenters. The second kappa shape index (κ2) is 7.33. The molecule has 3 aromatic carbocycles. The van der Waals surface area contributed by atoms with Crippen LogP contribution in [0.3, 0.4) is 0 Å². The van der Waals surface area contributed by atoms with Crippen LogP contribution in [-0.2, 0) is 26.1 Å². The predicted octanol–water partition coefficient (Wildman–Crippen LogP) is 5.04. The summed E-state index contributed by atoms with van der Waals surface area (Å²) in [6, 6.07) is 12.8. The number of fused-ring (bicyclic) bond motifs is 10. The minimum Gasteiger partial charge on any atom is -0.338 e. The van der Waals surface area contributed by atoms with Gasteiger partial charge in [-0.3, -0.25) is 14.9 Å². The minimum absolute atomic E-state index is 0. The summed E-state index contributed by atoms with van der Waals surface area (Å²) in [6.45, 7) is 3.63. The molecule has 2 amide bonds. The van der Waals surface area contributed by atoms with Crippen LogP contribution in [0.1, 0.15) is 51.1 Å². The van der Waals surface area contributed by atoms with E-state index in [1.807, 2.05) is 0 Å². The van der Waals surface area contributed by atoms with Crippen molar-refractivity contribution in [2.24, 2.45) is 0 Å². The van der Waals surface area contributed by atoms with Crippen LogP contribution < -0.4 is 10.6 Å². The lowest BCUT2D eigenvalue weighted by Crippen LogP contribution is -2.20. The summed E-state index contributed by atoms with van der Waals surface area (Å²) in [4.78, 5) is 26.6. The van der Waals surface area contributed by atoms with Crippen molar-refractivity contribution in [3.05, 3.63) is 58.7 Å². The van der Waals surface area contributed by atoms with Crippen LogP contribution in [0.5, 0.6) is 0 Å². The molecule has 5 aromatic rings. The van der Waals surface area contributed by atoms with E-state index in [1.165, 1.54) is 22.2 Å². The molecule has 3 aliphatic rings. The van der Waals surface area contributed by atoms with E-state index in [2.05, 4.69) is 56.2 Å². The fourth-order valence-corrected chi connectivity index (χ4v) is 6.87. The molecule has 0 aliphatic carbocycles. The number of nitrogens with one attached hydrogen (secondary N) is 2. The molecule has 2 aromatic heterocycles. The van der Waals surface area contributed by atoms with Crippen molar-refractivity contribution in [3.63, 3.8) is 0 Å². The molecule has 7 heteroatoms. The van der Waals surface area contributed by atoms with Crippen LogP contribution in [0.25, 0.3) is 43.6 Å². The van der Waals surface area contributed by atoms with Gasteiger partial charge in [-0.2, -0.15) is 0 Å². The van der Waals surface area contributed by atoms with Gasteiger partial charge in [0, 0.05) is 41.2 Å². The van der Waals surface area contributed by atoms with Gasteiger partial charge in [0.25, 0.3) is 11.8 Å². The van der Waals surface area contributed by atoms with Crippen molar-refractivity contribution in [2.45, 2.75) is 45.3 Å². The minimum atomic E-state index is -0.270. The lowest BCUT2D eigenvalue weighted by atomic mass is 9.96. The van der Waals surface area contributed by atoms with Crippen molar-refractivity contribution in [1.29, 1.82) is 0 Å². The smallest absolute Gasteiger partial charge is 0.259 e. The second-order valence-corrected chi connectivity index (χ2v) is 9.90. The Morgan fingerprint density at radius 1 is 0.686 bits per heavy atom. The Hall–Kier alpha value is -3.35. The lowest BCUT2D eigenvalue weighted by Gasteiger charge is -2.17. The van der Waals surface area contributed by atoms with Crippen molar-refractivity contribution < 1.29 is 9.59 Å². The average Bonchev–Trinajstić information content (AvgIpc) is 3.47. The molecule has 2 N–H and O–H groups in total. The zero-order chi connectivity index (χ0) is 22.6. The molecule has 176 valence electrons. The molecule has 0 fully saturated rings. The third kappa shape index (κ3) is 2.53. The maximum absolute atomic E-state index is 13.3. The van der Waals surface area contributed by atoms with Crippen LogP contribution >= 0.6 is 12.4 Å². The topological polar surface area (TPSA) is 68.1 Å². The Morgan fingerprint density at radius 3 is 1.97 bits per heavy atom. The van der Waals surface area contributed by atoms with Gasteiger partial charge >= 0.3 is 0 Å². The van der Waals surface area contributed by atoms with Crippen LogP contribution in [0.4, 0.5) is 0 Å². The number of carbonyl (C=O) groups excluding carboxylic acids is 2. The molecule has 0 radical (unpaired) electrons. The van der Waals surface area contributed by atoms with Crippen LogP contribution in [0.2, 0.25) is 0 Å².